The molecule has 0 spiro atoms. The molecule has 0 bridgehead atoms. The van der Waals surface area contributed by atoms with E-state index in [1.165, 1.54) is 0 Å². The van der Waals surface area contributed by atoms with E-state index in [9.17, 15) is 4.79 Å². The molecule has 0 radical (unpaired) electrons. The van der Waals surface area contributed by atoms with Crippen molar-refractivity contribution in [1.82, 2.24) is 15.0 Å². The maximum atomic E-state index is 12.3. The van der Waals surface area contributed by atoms with Crippen molar-refractivity contribution < 1.29 is 4.79 Å². The van der Waals surface area contributed by atoms with E-state index in [1.807, 2.05) is 31.2 Å². The highest BCUT2D eigenvalue weighted by molar-refractivity contribution is 6.01. The minimum atomic E-state index is 0.145. The maximum absolute atomic E-state index is 12.3. The number of benzene rings is 1. The number of H-pyrrole nitrogens is 1. The van der Waals surface area contributed by atoms with Crippen LogP contribution in [0.3, 0.4) is 0 Å². The van der Waals surface area contributed by atoms with Gasteiger partial charge in [0, 0.05) is 18.7 Å². The number of fused-ring (bicyclic) bond motifs is 1. The second-order valence-electron chi connectivity index (χ2n) is 5.91. The van der Waals surface area contributed by atoms with Crippen molar-refractivity contribution in [3.8, 4) is 11.3 Å². The summed E-state index contributed by atoms with van der Waals surface area (Å²) in [7, 11) is 0. The number of rotatable bonds is 2. The lowest BCUT2D eigenvalue weighted by molar-refractivity contribution is -0.119. The predicted octanol–water partition coefficient (Wildman–Crippen LogP) is 3.45. The van der Waals surface area contributed by atoms with Gasteiger partial charge in [-0.05, 0) is 31.4 Å². The maximum Gasteiger partial charge on any atom is 0.228 e. The average molecular weight is 306 g/mol. The van der Waals surface area contributed by atoms with Crippen LogP contribution >= 0.6 is 0 Å². The van der Waals surface area contributed by atoms with Gasteiger partial charge in [-0.15, -0.1) is 0 Å². The number of hydrogen-bond donors (Lipinski definition) is 1. The Kier molecular flexibility index (Phi) is 3.33. The first-order chi connectivity index (χ1) is 11.2. The molecule has 0 saturated carbocycles. The van der Waals surface area contributed by atoms with Crippen molar-refractivity contribution in [2.24, 2.45) is 0 Å². The van der Waals surface area contributed by atoms with Crippen molar-refractivity contribution in [3.63, 3.8) is 0 Å². The van der Waals surface area contributed by atoms with Crippen LogP contribution in [0, 0.1) is 6.92 Å². The van der Waals surface area contributed by atoms with Crippen LogP contribution in [-0.4, -0.2) is 27.4 Å². The van der Waals surface area contributed by atoms with Crippen molar-refractivity contribution in [1.29, 1.82) is 0 Å². The molecule has 4 rings (SSSR count). The van der Waals surface area contributed by atoms with Crippen LogP contribution in [0.2, 0.25) is 0 Å². The molecule has 0 atom stereocenters. The second-order valence-corrected chi connectivity index (χ2v) is 5.91. The zero-order valence-corrected chi connectivity index (χ0v) is 13.0. The molecule has 5 nitrogen and oxygen atoms in total. The van der Waals surface area contributed by atoms with Crippen LogP contribution in [0.15, 0.2) is 36.4 Å². The summed E-state index contributed by atoms with van der Waals surface area (Å²) < 4.78 is 0. The van der Waals surface area contributed by atoms with E-state index in [0.717, 1.165) is 41.7 Å². The number of aromatic amines is 1. The molecule has 116 valence electrons. The van der Waals surface area contributed by atoms with Crippen LogP contribution in [0.5, 0.6) is 0 Å². The van der Waals surface area contributed by atoms with E-state index in [-0.39, 0.29) is 5.91 Å². The van der Waals surface area contributed by atoms with E-state index in [2.05, 4.69) is 27.1 Å². The third-order valence-electron chi connectivity index (χ3n) is 4.23. The van der Waals surface area contributed by atoms with Gasteiger partial charge in [0.1, 0.15) is 11.3 Å². The monoisotopic (exact) mass is 306 g/mol. The second kappa shape index (κ2) is 5.50. The fourth-order valence-corrected chi connectivity index (χ4v) is 3.11. The minimum Gasteiger partial charge on any atom is -0.350 e. The Hall–Kier alpha value is -2.69. The van der Waals surface area contributed by atoms with E-state index in [0.29, 0.717) is 18.1 Å². The van der Waals surface area contributed by atoms with Crippen molar-refractivity contribution in [3.05, 3.63) is 42.2 Å². The molecule has 0 unspecified atom stereocenters. The molecule has 0 aliphatic carbocycles. The Bertz CT molecular complexity index is 869. The summed E-state index contributed by atoms with van der Waals surface area (Å²) in [6, 6.07) is 12.1. The number of aromatic nitrogens is 3. The smallest absolute Gasteiger partial charge is 0.228 e. The molecule has 1 saturated heterocycles. The lowest BCUT2D eigenvalue weighted by Gasteiger charge is -2.26. The summed E-state index contributed by atoms with van der Waals surface area (Å²) in [5.41, 5.74) is 3.78. The first kappa shape index (κ1) is 13.9. The Labute approximate surface area is 134 Å². The van der Waals surface area contributed by atoms with Gasteiger partial charge in [-0.25, -0.2) is 9.97 Å². The number of aryl methyl sites for hydroxylation is 1. The Morgan fingerprint density at radius 3 is 2.74 bits per heavy atom. The molecule has 3 aromatic rings. The van der Waals surface area contributed by atoms with Crippen LogP contribution in [0.4, 0.5) is 5.82 Å². The molecular formula is C18H18N4O. The molecule has 23 heavy (non-hydrogen) atoms. The number of hydrogen-bond acceptors (Lipinski definition) is 3. The molecule has 5 heteroatoms. The molecule has 1 aliphatic heterocycles. The number of amides is 1. The molecule has 1 N–H and O–H groups in total. The molecule has 1 aromatic carbocycles. The van der Waals surface area contributed by atoms with Crippen molar-refractivity contribution >= 4 is 22.8 Å². The first-order valence-electron chi connectivity index (χ1n) is 7.95. The lowest BCUT2D eigenvalue weighted by atomic mass is 10.1. The molecule has 1 amide bonds. The Balaban J connectivity index is 1.87. The molecular weight excluding hydrogens is 288 g/mol. The van der Waals surface area contributed by atoms with Crippen molar-refractivity contribution in [2.45, 2.75) is 26.2 Å². The topological polar surface area (TPSA) is 61.9 Å². The fourth-order valence-electron chi connectivity index (χ4n) is 3.11. The molecule has 1 fully saturated rings. The number of nitrogens with zero attached hydrogens (tertiary/aromatic N) is 3. The number of nitrogens with one attached hydrogen (secondary N) is 1. The van der Waals surface area contributed by atoms with Crippen LogP contribution < -0.4 is 4.90 Å². The normalized spacial score (nSPS) is 15.3. The van der Waals surface area contributed by atoms with Gasteiger partial charge in [0.2, 0.25) is 5.91 Å². The Morgan fingerprint density at radius 1 is 1.13 bits per heavy atom. The van der Waals surface area contributed by atoms with Crippen LogP contribution in [0.25, 0.3) is 22.3 Å². The van der Waals surface area contributed by atoms with E-state index < -0.39 is 0 Å². The van der Waals surface area contributed by atoms with Gasteiger partial charge in [0.15, 0.2) is 5.82 Å². The van der Waals surface area contributed by atoms with Crippen molar-refractivity contribution in [2.75, 3.05) is 11.4 Å². The molecule has 2 aromatic heterocycles. The quantitative estimate of drug-likeness (QED) is 0.789. The Morgan fingerprint density at radius 2 is 1.96 bits per heavy atom. The third-order valence-corrected chi connectivity index (χ3v) is 4.23. The summed E-state index contributed by atoms with van der Waals surface area (Å²) in [6.07, 6.45) is 2.57. The zero-order valence-electron chi connectivity index (χ0n) is 13.0. The van der Waals surface area contributed by atoms with Crippen LogP contribution in [0.1, 0.15) is 25.1 Å². The fraction of sp³-hybridized carbons (Fsp3) is 0.278. The molecule has 3 heterocycles. The van der Waals surface area contributed by atoms with E-state index >= 15 is 0 Å². The van der Waals surface area contributed by atoms with Gasteiger partial charge < -0.3 is 4.98 Å². The number of piperidine rings is 1. The summed E-state index contributed by atoms with van der Waals surface area (Å²) in [5.74, 6) is 1.54. The first-order valence-corrected chi connectivity index (χ1v) is 7.95. The van der Waals surface area contributed by atoms with E-state index in [1.54, 1.807) is 4.90 Å². The summed E-state index contributed by atoms with van der Waals surface area (Å²) in [5, 5.41) is 0. The minimum absolute atomic E-state index is 0.145. The van der Waals surface area contributed by atoms with Gasteiger partial charge in [0.25, 0.3) is 0 Å². The SMILES string of the molecule is Cc1nc(N2CCCCC2=O)c2[nH]c(-c3ccccc3)cc2n1. The lowest BCUT2D eigenvalue weighted by Crippen LogP contribution is -2.36. The van der Waals surface area contributed by atoms with Gasteiger partial charge >= 0.3 is 0 Å². The van der Waals surface area contributed by atoms with Gasteiger partial charge in [-0.3, -0.25) is 9.69 Å². The summed E-state index contributed by atoms with van der Waals surface area (Å²) in [4.78, 5) is 26.5. The summed E-state index contributed by atoms with van der Waals surface area (Å²) >= 11 is 0. The van der Waals surface area contributed by atoms with Gasteiger partial charge in [-0.1, -0.05) is 30.3 Å². The predicted molar refractivity (Wildman–Crippen MR) is 90.3 cm³/mol. The highest BCUT2D eigenvalue weighted by atomic mass is 16.2. The van der Waals surface area contributed by atoms with Gasteiger partial charge in [-0.2, -0.15) is 0 Å². The van der Waals surface area contributed by atoms with E-state index in [4.69, 9.17) is 0 Å². The van der Waals surface area contributed by atoms with Gasteiger partial charge in [0.05, 0.1) is 5.52 Å². The number of carbonyl (C=O) groups is 1. The number of carbonyl (C=O) groups excluding carboxylic acids is 1. The highest BCUT2D eigenvalue weighted by Crippen LogP contribution is 2.30. The average Bonchev–Trinajstić information content (AvgIpc) is 2.99. The molecule has 1 aliphatic rings. The number of anilines is 1. The standard InChI is InChI=1S/C18H18N4O/c1-12-19-15-11-14(13-7-3-2-4-8-13)21-17(15)18(20-12)22-10-6-5-9-16(22)23/h2-4,7-8,11,21H,5-6,9-10H2,1H3. The highest BCUT2D eigenvalue weighted by Gasteiger charge is 2.24. The largest absolute Gasteiger partial charge is 0.350 e. The summed E-state index contributed by atoms with van der Waals surface area (Å²) in [6.45, 7) is 2.59. The zero-order chi connectivity index (χ0) is 15.8. The third kappa shape index (κ3) is 2.48. The van der Waals surface area contributed by atoms with Crippen LogP contribution in [-0.2, 0) is 4.79 Å².